The Hall–Kier alpha value is -3.40. The second kappa shape index (κ2) is 7.69. The van der Waals surface area contributed by atoms with E-state index in [0.717, 1.165) is 22.4 Å². The van der Waals surface area contributed by atoms with Crippen LogP contribution in [0.5, 0.6) is 5.75 Å². The summed E-state index contributed by atoms with van der Waals surface area (Å²) in [6.45, 7) is 2.92. The Morgan fingerprint density at radius 2 is 1.68 bits per heavy atom. The Morgan fingerprint density at radius 3 is 2.46 bits per heavy atom. The number of hydrogen-bond acceptors (Lipinski definition) is 2. The van der Waals surface area contributed by atoms with E-state index in [2.05, 4.69) is 0 Å². The largest absolute Gasteiger partial charge is 0.488 e. The van der Waals surface area contributed by atoms with Crippen LogP contribution in [-0.4, -0.2) is 12.5 Å². The Kier molecular flexibility index (Phi) is 4.94. The third-order valence-corrected chi connectivity index (χ3v) is 4.80. The second-order valence-corrected chi connectivity index (χ2v) is 6.58. The Labute approximate surface area is 163 Å². The number of ether oxygens (including phenoxy) is 1. The molecule has 0 saturated heterocycles. The predicted molar refractivity (Wildman–Crippen MR) is 110 cm³/mol. The van der Waals surface area contributed by atoms with E-state index < -0.39 is 0 Å². The lowest BCUT2D eigenvalue weighted by Gasteiger charge is -2.13. The highest BCUT2D eigenvalue weighted by molar-refractivity contribution is 6.35. The van der Waals surface area contributed by atoms with Crippen molar-refractivity contribution in [2.75, 3.05) is 11.4 Å². The molecule has 0 bridgehead atoms. The van der Waals surface area contributed by atoms with Crippen LogP contribution in [0, 0.1) is 5.82 Å². The monoisotopic (exact) mass is 373 g/mol. The van der Waals surface area contributed by atoms with Gasteiger partial charge in [-0.25, -0.2) is 4.39 Å². The predicted octanol–water partition coefficient (Wildman–Crippen LogP) is 5.31. The minimum atomic E-state index is -0.271. The highest BCUT2D eigenvalue weighted by Gasteiger charge is 2.30. The summed E-state index contributed by atoms with van der Waals surface area (Å²) in [6, 6.07) is 21.7. The summed E-state index contributed by atoms with van der Waals surface area (Å²) in [4.78, 5) is 14.7. The van der Waals surface area contributed by atoms with Gasteiger partial charge in [-0.2, -0.15) is 0 Å². The zero-order valence-corrected chi connectivity index (χ0v) is 15.6. The topological polar surface area (TPSA) is 29.5 Å². The standard InChI is InChI=1S/C24H20FNO2/c1-2-26-22-9-5-4-8-20(22)21(24(26)27)15-18-7-3-6-10-23(18)28-16-17-11-13-19(25)14-12-17/h3-15H,2,16H2,1H3/b21-15-. The maximum absolute atomic E-state index is 13.1. The van der Waals surface area contributed by atoms with Gasteiger partial charge in [0.25, 0.3) is 5.91 Å². The third-order valence-electron chi connectivity index (χ3n) is 4.80. The van der Waals surface area contributed by atoms with Gasteiger partial charge in [0.1, 0.15) is 18.2 Å². The number of halogens is 1. The molecule has 0 aliphatic carbocycles. The van der Waals surface area contributed by atoms with Crippen LogP contribution in [0.4, 0.5) is 10.1 Å². The average Bonchev–Trinajstić information content (AvgIpc) is 2.99. The van der Waals surface area contributed by atoms with E-state index in [0.29, 0.717) is 24.5 Å². The number of benzene rings is 3. The highest BCUT2D eigenvalue weighted by Crippen LogP contribution is 2.38. The van der Waals surface area contributed by atoms with Crippen LogP contribution in [0.2, 0.25) is 0 Å². The Balaban J connectivity index is 1.65. The van der Waals surface area contributed by atoms with Gasteiger partial charge in [0.15, 0.2) is 0 Å². The number of hydrogen-bond donors (Lipinski definition) is 0. The molecular formula is C24H20FNO2. The molecule has 0 N–H and O–H groups in total. The van der Waals surface area contributed by atoms with Gasteiger partial charge in [0.2, 0.25) is 0 Å². The van der Waals surface area contributed by atoms with Gasteiger partial charge < -0.3 is 9.64 Å². The first-order chi connectivity index (χ1) is 13.7. The van der Waals surface area contributed by atoms with Gasteiger partial charge in [-0.05, 0) is 42.8 Å². The molecule has 0 atom stereocenters. The summed E-state index contributed by atoms with van der Waals surface area (Å²) in [5.74, 6) is 0.407. The molecule has 0 aromatic heterocycles. The molecule has 0 spiro atoms. The molecule has 28 heavy (non-hydrogen) atoms. The molecule has 1 amide bonds. The number of carbonyl (C=O) groups excluding carboxylic acids is 1. The van der Waals surface area contributed by atoms with Crippen molar-refractivity contribution in [1.29, 1.82) is 0 Å². The zero-order valence-electron chi connectivity index (χ0n) is 15.6. The average molecular weight is 373 g/mol. The van der Waals surface area contributed by atoms with Gasteiger partial charge in [0.05, 0.1) is 5.69 Å². The quantitative estimate of drug-likeness (QED) is 0.567. The first-order valence-corrected chi connectivity index (χ1v) is 9.26. The molecule has 140 valence electrons. The molecule has 1 heterocycles. The fourth-order valence-corrected chi connectivity index (χ4v) is 3.39. The molecule has 4 heteroatoms. The van der Waals surface area contributed by atoms with E-state index in [1.807, 2.05) is 61.5 Å². The lowest BCUT2D eigenvalue weighted by molar-refractivity contribution is -0.112. The lowest BCUT2D eigenvalue weighted by Crippen LogP contribution is -2.25. The number of carbonyl (C=O) groups is 1. The van der Waals surface area contributed by atoms with Gasteiger partial charge in [0, 0.05) is 23.2 Å². The number of rotatable bonds is 5. The molecule has 4 rings (SSSR count). The van der Waals surface area contributed by atoms with E-state index in [1.165, 1.54) is 12.1 Å². The second-order valence-electron chi connectivity index (χ2n) is 6.58. The van der Waals surface area contributed by atoms with Gasteiger partial charge in [-0.15, -0.1) is 0 Å². The van der Waals surface area contributed by atoms with Gasteiger partial charge >= 0.3 is 0 Å². The molecule has 0 unspecified atom stereocenters. The van der Waals surface area contributed by atoms with Crippen molar-refractivity contribution in [3.05, 3.63) is 95.3 Å². The lowest BCUT2D eigenvalue weighted by atomic mass is 10.0. The molecule has 0 saturated carbocycles. The van der Waals surface area contributed by atoms with E-state index in [-0.39, 0.29) is 11.7 Å². The Bertz CT molecular complexity index is 1040. The fourth-order valence-electron chi connectivity index (χ4n) is 3.39. The number of likely N-dealkylation sites (N-methyl/N-ethyl adjacent to an activating group) is 1. The maximum Gasteiger partial charge on any atom is 0.258 e. The molecule has 1 aliphatic heterocycles. The first kappa shape index (κ1) is 18.0. The van der Waals surface area contributed by atoms with E-state index in [9.17, 15) is 9.18 Å². The number of para-hydroxylation sites is 2. The van der Waals surface area contributed by atoms with Crippen LogP contribution < -0.4 is 9.64 Å². The summed E-state index contributed by atoms with van der Waals surface area (Å²) < 4.78 is 19.0. The van der Waals surface area contributed by atoms with Crippen molar-refractivity contribution in [2.45, 2.75) is 13.5 Å². The van der Waals surface area contributed by atoms with Crippen molar-refractivity contribution in [1.82, 2.24) is 0 Å². The number of fused-ring (bicyclic) bond motifs is 1. The smallest absolute Gasteiger partial charge is 0.258 e. The zero-order chi connectivity index (χ0) is 19.5. The number of anilines is 1. The SMILES string of the molecule is CCN1C(=O)/C(=C\c2ccccc2OCc2ccc(F)cc2)c2ccccc21. The summed E-state index contributed by atoms with van der Waals surface area (Å²) in [5.41, 5.74) is 4.24. The molecule has 0 radical (unpaired) electrons. The van der Waals surface area contributed by atoms with E-state index in [4.69, 9.17) is 4.74 Å². The molecule has 1 aliphatic rings. The van der Waals surface area contributed by atoms with Crippen molar-refractivity contribution in [2.24, 2.45) is 0 Å². The van der Waals surface area contributed by atoms with Crippen LogP contribution in [0.3, 0.4) is 0 Å². The summed E-state index contributed by atoms with van der Waals surface area (Å²) >= 11 is 0. The summed E-state index contributed by atoms with van der Waals surface area (Å²) in [6.07, 6.45) is 1.89. The van der Waals surface area contributed by atoms with Gasteiger partial charge in [-0.1, -0.05) is 48.5 Å². The fraction of sp³-hybridized carbons (Fsp3) is 0.125. The number of amides is 1. The molecule has 3 nitrogen and oxygen atoms in total. The van der Waals surface area contributed by atoms with Crippen molar-refractivity contribution in [3.8, 4) is 5.75 Å². The molecule has 3 aromatic rings. The van der Waals surface area contributed by atoms with Crippen LogP contribution in [0.25, 0.3) is 11.6 Å². The first-order valence-electron chi connectivity index (χ1n) is 9.26. The maximum atomic E-state index is 13.1. The number of nitrogens with zero attached hydrogens (tertiary/aromatic N) is 1. The van der Waals surface area contributed by atoms with Crippen LogP contribution >= 0.6 is 0 Å². The molecule has 0 fully saturated rings. The third kappa shape index (κ3) is 3.41. The van der Waals surface area contributed by atoms with Crippen LogP contribution in [-0.2, 0) is 11.4 Å². The minimum Gasteiger partial charge on any atom is -0.488 e. The van der Waals surface area contributed by atoms with Crippen molar-refractivity contribution in [3.63, 3.8) is 0 Å². The highest BCUT2D eigenvalue weighted by atomic mass is 19.1. The van der Waals surface area contributed by atoms with Crippen LogP contribution in [0.15, 0.2) is 72.8 Å². The molecular weight excluding hydrogens is 353 g/mol. The normalized spacial score (nSPS) is 14.4. The minimum absolute atomic E-state index is 0.00274. The van der Waals surface area contributed by atoms with E-state index in [1.54, 1.807) is 17.0 Å². The molecule has 3 aromatic carbocycles. The summed E-state index contributed by atoms with van der Waals surface area (Å²) in [5, 5.41) is 0. The van der Waals surface area contributed by atoms with Crippen molar-refractivity contribution < 1.29 is 13.9 Å². The van der Waals surface area contributed by atoms with Crippen molar-refractivity contribution >= 4 is 23.2 Å². The van der Waals surface area contributed by atoms with Gasteiger partial charge in [-0.3, -0.25) is 4.79 Å². The summed E-state index contributed by atoms with van der Waals surface area (Å²) in [7, 11) is 0. The van der Waals surface area contributed by atoms with E-state index >= 15 is 0 Å². The van der Waals surface area contributed by atoms with Crippen LogP contribution in [0.1, 0.15) is 23.6 Å². The Morgan fingerprint density at radius 1 is 0.964 bits per heavy atom.